The van der Waals surface area contributed by atoms with Gasteiger partial charge in [-0.3, -0.25) is 4.79 Å². The largest absolute Gasteiger partial charge is 0.465 e. The van der Waals surface area contributed by atoms with Crippen LogP contribution in [0.15, 0.2) is 12.1 Å². The van der Waals surface area contributed by atoms with E-state index in [4.69, 9.17) is 4.74 Å². The van der Waals surface area contributed by atoms with Crippen LogP contribution in [0.5, 0.6) is 0 Å². The number of benzene rings is 1. The van der Waals surface area contributed by atoms with Gasteiger partial charge in [0.05, 0.1) is 12.7 Å². The van der Waals surface area contributed by atoms with Crippen LogP contribution < -0.4 is 9.80 Å². The Balaban J connectivity index is 1.76. The molecule has 3 rings (SSSR count). The summed E-state index contributed by atoms with van der Waals surface area (Å²) in [5, 5.41) is 0. The standard InChI is InChI=1S/C26H41N3O3/c1-19-22(25(31)32-6)17-21(18-23(19)27(5)20-9-7-8-10-20)28-13-15-29(16-14-28)24(30)11-12-26(2,3)4/h17-18,20H,7-16H2,1-6H3. The summed E-state index contributed by atoms with van der Waals surface area (Å²) < 4.78 is 5.09. The first-order valence-corrected chi connectivity index (χ1v) is 12.1. The summed E-state index contributed by atoms with van der Waals surface area (Å²) in [5.41, 5.74) is 3.93. The van der Waals surface area contributed by atoms with Gasteiger partial charge >= 0.3 is 5.97 Å². The Bertz CT molecular complexity index is 816. The monoisotopic (exact) mass is 443 g/mol. The zero-order valence-electron chi connectivity index (χ0n) is 20.9. The Morgan fingerprint density at radius 2 is 1.72 bits per heavy atom. The maximum Gasteiger partial charge on any atom is 0.338 e. The van der Waals surface area contributed by atoms with Gasteiger partial charge in [0.25, 0.3) is 0 Å². The van der Waals surface area contributed by atoms with Gasteiger partial charge in [-0.2, -0.15) is 0 Å². The molecule has 0 spiro atoms. The average Bonchev–Trinajstić information content (AvgIpc) is 3.31. The lowest BCUT2D eigenvalue weighted by molar-refractivity contribution is -0.132. The minimum absolute atomic E-state index is 0.172. The molecule has 2 fully saturated rings. The van der Waals surface area contributed by atoms with E-state index in [1.54, 1.807) is 0 Å². The summed E-state index contributed by atoms with van der Waals surface area (Å²) in [7, 11) is 3.59. The summed E-state index contributed by atoms with van der Waals surface area (Å²) in [6.07, 6.45) is 6.44. The molecule has 0 N–H and O–H groups in total. The maximum absolute atomic E-state index is 12.6. The molecule has 6 nitrogen and oxygen atoms in total. The molecule has 2 aliphatic rings. The summed E-state index contributed by atoms with van der Waals surface area (Å²) in [4.78, 5) is 31.8. The van der Waals surface area contributed by atoms with Crippen molar-refractivity contribution in [2.45, 2.75) is 72.3 Å². The van der Waals surface area contributed by atoms with Gasteiger partial charge in [0, 0.05) is 57.1 Å². The number of carbonyl (C=O) groups is 2. The second-order valence-corrected chi connectivity index (χ2v) is 10.6. The molecule has 0 aromatic heterocycles. The van der Waals surface area contributed by atoms with Crippen LogP contribution in [-0.4, -0.2) is 63.2 Å². The van der Waals surface area contributed by atoms with Crippen LogP contribution in [0.2, 0.25) is 0 Å². The van der Waals surface area contributed by atoms with Gasteiger partial charge in [-0.25, -0.2) is 4.79 Å². The second kappa shape index (κ2) is 10.1. The fourth-order valence-corrected chi connectivity index (χ4v) is 4.90. The number of methoxy groups -OCH3 is 1. The number of nitrogens with zero attached hydrogens (tertiary/aromatic N) is 3. The summed E-state index contributed by atoms with van der Waals surface area (Å²) in [6, 6.07) is 4.70. The number of anilines is 2. The zero-order chi connectivity index (χ0) is 23.5. The van der Waals surface area contributed by atoms with Crippen molar-refractivity contribution >= 4 is 23.3 Å². The Labute approximate surface area is 193 Å². The highest BCUT2D eigenvalue weighted by atomic mass is 16.5. The van der Waals surface area contributed by atoms with Crippen molar-refractivity contribution in [3.05, 3.63) is 23.3 Å². The molecule has 32 heavy (non-hydrogen) atoms. The first-order valence-electron chi connectivity index (χ1n) is 12.1. The molecule has 1 saturated heterocycles. The number of piperazine rings is 1. The van der Waals surface area contributed by atoms with Gasteiger partial charge in [0.2, 0.25) is 5.91 Å². The molecule has 178 valence electrons. The summed E-state index contributed by atoms with van der Waals surface area (Å²) in [5.74, 6) is -0.0400. The number of hydrogen-bond donors (Lipinski definition) is 0. The van der Waals surface area contributed by atoms with Gasteiger partial charge in [-0.05, 0) is 49.3 Å². The van der Waals surface area contributed by atoms with Crippen LogP contribution >= 0.6 is 0 Å². The number of carbonyl (C=O) groups excluding carboxylic acids is 2. The van der Waals surface area contributed by atoms with Crippen LogP contribution in [0.1, 0.15) is 75.2 Å². The molecule has 1 heterocycles. The summed E-state index contributed by atoms with van der Waals surface area (Å²) >= 11 is 0. The van der Waals surface area contributed by atoms with Crippen molar-refractivity contribution in [3.63, 3.8) is 0 Å². The van der Waals surface area contributed by atoms with Crippen molar-refractivity contribution in [3.8, 4) is 0 Å². The number of ether oxygens (including phenoxy) is 1. The summed E-state index contributed by atoms with van der Waals surface area (Å²) in [6.45, 7) is 11.5. The van der Waals surface area contributed by atoms with E-state index >= 15 is 0 Å². The quantitative estimate of drug-likeness (QED) is 0.600. The third kappa shape index (κ3) is 5.76. The number of esters is 1. The van der Waals surface area contributed by atoms with E-state index in [0.29, 0.717) is 18.0 Å². The van der Waals surface area contributed by atoms with Crippen molar-refractivity contribution in [2.75, 3.05) is 50.1 Å². The van der Waals surface area contributed by atoms with E-state index < -0.39 is 0 Å². The first kappa shape index (κ1) is 24.4. The van der Waals surface area contributed by atoms with Gasteiger partial charge < -0.3 is 19.4 Å². The fraction of sp³-hybridized carbons (Fsp3) is 0.692. The SMILES string of the molecule is COC(=O)c1cc(N2CCN(C(=O)CCC(C)(C)C)CC2)cc(N(C)C2CCCC2)c1C. The predicted molar refractivity (Wildman–Crippen MR) is 131 cm³/mol. The van der Waals surface area contributed by atoms with Crippen molar-refractivity contribution in [2.24, 2.45) is 5.41 Å². The third-order valence-corrected chi connectivity index (χ3v) is 7.11. The molecule has 1 aliphatic heterocycles. The highest BCUT2D eigenvalue weighted by Crippen LogP contribution is 2.34. The Morgan fingerprint density at radius 1 is 1.09 bits per heavy atom. The molecule has 0 radical (unpaired) electrons. The number of rotatable bonds is 6. The average molecular weight is 444 g/mol. The maximum atomic E-state index is 12.6. The van der Waals surface area contributed by atoms with Crippen LogP contribution in [0, 0.1) is 12.3 Å². The van der Waals surface area contributed by atoms with Crippen molar-refractivity contribution < 1.29 is 14.3 Å². The highest BCUT2D eigenvalue weighted by molar-refractivity contribution is 5.94. The minimum atomic E-state index is -0.290. The van der Waals surface area contributed by atoms with E-state index in [1.165, 1.54) is 32.8 Å². The van der Waals surface area contributed by atoms with Gasteiger partial charge in [-0.15, -0.1) is 0 Å². The minimum Gasteiger partial charge on any atom is -0.465 e. The molecule has 0 atom stereocenters. The van der Waals surface area contributed by atoms with Gasteiger partial charge in [0.15, 0.2) is 0 Å². The molecule has 1 aliphatic carbocycles. The van der Waals surface area contributed by atoms with Crippen LogP contribution in [0.25, 0.3) is 0 Å². The van der Waals surface area contributed by atoms with E-state index in [0.717, 1.165) is 49.5 Å². The molecule has 0 unspecified atom stereocenters. The van der Waals surface area contributed by atoms with Gasteiger partial charge in [0.1, 0.15) is 0 Å². The van der Waals surface area contributed by atoms with Crippen molar-refractivity contribution in [1.82, 2.24) is 4.90 Å². The third-order valence-electron chi connectivity index (χ3n) is 7.11. The molecule has 1 saturated carbocycles. The molecular weight excluding hydrogens is 402 g/mol. The molecule has 1 aromatic carbocycles. The lowest BCUT2D eigenvalue weighted by Crippen LogP contribution is -2.49. The number of hydrogen-bond acceptors (Lipinski definition) is 5. The molecular formula is C26H41N3O3. The first-order chi connectivity index (χ1) is 15.1. The van der Waals surface area contributed by atoms with E-state index in [1.807, 2.05) is 17.9 Å². The molecule has 1 amide bonds. The lowest BCUT2D eigenvalue weighted by Gasteiger charge is -2.37. The van der Waals surface area contributed by atoms with Crippen LogP contribution in [-0.2, 0) is 9.53 Å². The van der Waals surface area contributed by atoms with Crippen LogP contribution in [0.4, 0.5) is 11.4 Å². The fourth-order valence-electron chi connectivity index (χ4n) is 4.90. The number of amides is 1. The van der Waals surface area contributed by atoms with Crippen molar-refractivity contribution in [1.29, 1.82) is 0 Å². The Hall–Kier alpha value is -2.24. The van der Waals surface area contributed by atoms with Crippen LogP contribution in [0.3, 0.4) is 0 Å². The zero-order valence-corrected chi connectivity index (χ0v) is 20.9. The van der Waals surface area contributed by atoms with E-state index in [9.17, 15) is 9.59 Å². The molecule has 6 heteroatoms. The van der Waals surface area contributed by atoms with Gasteiger partial charge in [-0.1, -0.05) is 33.6 Å². The van der Waals surface area contributed by atoms with E-state index in [2.05, 4.69) is 43.7 Å². The second-order valence-electron chi connectivity index (χ2n) is 10.6. The topological polar surface area (TPSA) is 53.1 Å². The Morgan fingerprint density at radius 3 is 2.28 bits per heavy atom. The highest BCUT2D eigenvalue weighted by Gasteiger charge is 2.27. The van der Waals surface area contributed by atoms with E-state index in [-0.39, 0.29) is 17.3 Å². The Kier molecular flexibility index (Phi) is 7.73. The molecule has 1 aromatic rings. The lowest BCUT2D eigenvalue weighted by atomic mass is 9.90. The predicted octanol–water partition coefficient (Wildman–Crippen LogP) is 4.64. The normalized spacial score (nSPS) is 17.6. The smallest absolute Gasteiger partial charge is 0.338 e. The molecule has 0 bridgehead atoms.